The standard InChI is InChI=1S/C6H15N5.C5H4N.ClH.Sn/c1-2-3-4-10-6(9)11-5(7)8;1-2-4-6-5-3-1;;/h2-4H2,1H3,(H6,7,8,9,10,11);1-4H;1H;. The van der Waals surface area contributed by atoms with Crippen molar-refractivity contribution in [3.05, 3.63) is 24.4 Å². The van der Waals surface area contributed by atoms with Gasteiger partial charge in [0.1, 0.15) is 0 Å². The van der Waals surface area contributed by atoms with Crippen molar-refractivity contribution >= 4 is 50.6 Å². The van der Waals surface area contributed by atoms with Crippen molar-refractivity contribution in [3.8, 4) is 0 Å². The zero-order valence-electron chi connectivity index (χ0n) is 10.9. The van der Waals surface area contributed by atoms with E-state index in [1.807, 2.05) is 24.4 Å². The van der Waals surface area contributed by atoms with E-state index in [0.29, 0.717) is 6.54 Å². The van der Waals surface area contributed by atoms with Crippen LogP contribution < -0.4 is 20.5 Å². The molecule has 0 spiro atoms. The summed E-state index contributed by atoms with van der Waals surface area (Å²) in [6.45, 7) is 2.76. The average molecular weight is 390 g/mol. The van der Waals surface area contributed by atoms with Gasteiger partial charge >= 0.3 is 55.6 Å². The van der Waals surface area contributed by atoms with Gasteiger partial charge in [-0.2, -0.15) is 0 Å². The summed E-state index contributed by atoms with van der Waals surface area (Å²) in [5.74, 6) is 0.0358. The Labute approximate surface area is 133 Å². The van der Waals surface area contributed by atoms with Crippen LogP contribution >= 0.6 is 12.4 Å². The Morgan fingerprint density at radius 1 is 1.47 bits per heavy atom. The molecule has 6 nitrogen and oxygen atoms in total. The molecule has 0 unspecified atom stereocenters. The normalized spacial score (nSPS) is 9.68. The number of hydrogen-bond donors (Lipinski definition) is 4. The van der Waals surface area contributed by atoms with Crippen LogP contribution in [0.3, 0.4) is 0 Å². The third kappa shape index (κ3) is 14.9. The number of rotatable bonds is 3. The number of guanidine groups is 2. The van der Waals surface area contributed by atoms with E-state index < -0.39 is 0 Å². The molecule has 105 valence electrons. The first-order valence-electron chi connectivity index (χ1n) is 5.59. The molecule has 0 saturated heterocycles. The van der Waals surface area contributed by atoms with Gasteiger partial charge < -0.3 is 11.5 Å². The van der Waals surface area contributed by atoms with Crippen molar-refractivity contribution in [2.75, 3.05) is 6.54 Å². The fraction of sp³-hybridized carbons (Fsp3) is 0.364. The second-order valence-corrected chi connectivity index (χ2v) is 4.84. The Bertz CT molecular complexity index is 371. The first-order chi connectivity index (χ1) is 8.56. The molecule has 0 aliphatic rings. The minimum atomic E-state index is -0.178. The van der Waals surface area contributed by atoms with Crippen LogP contribution in [0.5, 0.6) is 0 Å². The Morgan fingerprint density at radius 3 is 2.53 bits per heavy atom. The summed E-state index contributed by atoms with van der Waals surface area (Å²) in [6, 6.07) is 5.93. The average Bonchev–Trinajstić information content (AvgIpc) is 2.30. The molecule has 0 aromatic carbocycles. The number of aliphatic imine (C=N–C) groups is 1. The molecule has 0 fully saturated rings. The summed E-state index contributed by atoms with van der Waals surface area (Å²) in [7, 11) is 0. The van der Waals surface area contributed by atoms with Gasteiger partial charge in [-0.05, 0) is 6.42 Å². The van der Waals surface area contributed by atoms with Crippen LogP contribution in [0.4, 0.5) is 0 Å². The molecule has 1 aromatic heterocycles. The van der Waals surface area contributed by atoms with E-state index in [2.05, 4.69) is 22.2 Å². The third-order valence-electron chi connectivity index (χ3n) is 1.72. The molecule has 6 N–H and O–H groups in total. The molecular weight excluding hydrogens is 370 g/mol. The number of unbranched alkanes of at least 4 members (excludes halogenated alkanes) is 1. The summed E-state index contributed by atoms with van der Waals surface area (Å²) >= 11 is 1.38. The Hall–Kier alpha value is -1.02. The summed E-state index contributed by atoms with van der Waals surface area (Å²) in [4.78, 5) is 7.94. The first-order valence-corrected chi connectivity index (χ1v) is 7.02. The molecule has 0 aliphatic carbocycles. The van der Waals surface area contributed by atoms with E-state index in [0.717, 1.165) is 16.6 Å². The molecule has 0 aliphatic heterocycles. The number of nitrogens with one attached hydrogen (secondary N) is 2. The molecule has 1 rings (SSSR count). The molecular formula is C11H20ClN6Sn. The molecule has 3 radical (unpaired) electrons. The van der Waals surface area contributed by atoms with Crippen molar-refractivity contribution in [2.24, 2.45) is 16.5 Å². The van der Waals surface area contributed by atoms with E-state index in [1.165, 1.54) is 22.5 Å². The van der Waals surface area contributed by atoms with Gasteiger partial charge in [-0.25, -0.2) is 0 Å². The number of pyridine rings is 1. The van der Waals surface area contributed by atoms with E-state index in [9.17, 15) is 0 Å². The summed E-state index contributed by atoms with van der Waals surface area (Å²) < 4.78 is 1.16. The van der Waals surface area contributed by atoms with E-state index in [-0.39, 0.29) is 24.3 Å². The fourth-order valence-corrected chi connectivity index (χ4v) is 1.39. The molecule has 0 bridgehead atoms. The van der Waals surface area contributed by atoms with E-state index in [1.54, 1.807) is 0 Å². The molecule has 8 heteroatoms. The second-order valence-electron chi connectivity index (χ2n) is 3.37. The van der Waals surface area contributed by atoms with Gasteiger partial charge in [0.2, 0.25) is 0 Å². The minimum absolute atomic E-state index is 0. The quantitative estimate of drug-likeness (QED) is 0.249. The topological polar surface area (TPSA) is 113 Å². The Kier molecular flexibility index (Phi) is 14.3. The number of hydrogen-bond acceptors (Lipinski definition) is 3. The number of nitrogens with zero attached hydrogens (tertiary/aromatic N) is 2. The number of halogens is 1. The van der Waals surface area contributed by atoms with E-state index in [4.69, 9.17) is 16.9 Å². The monoisotopic (exact) mass is 391 g/mol. The van der Waals surface area contributed by atoms with Crippen molar-refractivity contribution in [2.45, 2.75) is 19.8 Å². The van der Waals surface area contributed by atoms with Crippen LogP contribution in [-0.2, 0) is 0 Å². The zero-order valence-corrected chi connectivity index (χ0v) is 14.6. The summed E-state index contributed by atoms with van der Waals surface area (Å²) in [5.41, 5.74) is 10.3. The summed E-state index contributed by atoms with van der Waals surface area (Å²) in [5, 5.41) is 9.20. The van der Waals surface area contributed by atoms with Crippen molar-refractivity contribution in [3.63, 3.8) is 0 Å². The summed E-state index contributed by atoms with van der Waals surface area (Å²) in [6.07, 6.45) is 3.89. The molecule has 0 amide bonds. The molecule has 1 heterocycles. The van der Waals surface area contributed by atoms with Crippen molar-refractivity contribution in [1.29, 1.82) is 5.41 Å². The molecule has 19 heavy (non-hydrogen) atoms. The van der Waals surface area contributed by atoms with Gasteiger partial charge in [0.25, 0.3) is 0 Å². The predicted octanol–water partition coefficient (Wildman–Crippen LogP) is -0.119. The van der Waals surface area contributed by atoms with Gasteiger partial charge in [-0.3, -0.25) is 15.7 Å². The van der Waals surface area contributed by atoms with Gasteiger partial charge in [0, 0.05) is 6.54 Å². The SMILES string of the molecule is CCCCN=C(N)NC(=N)N.Cl.[Sn][c]1ccccn1. The molecule has 1 aromatic rings. The van der Waals surface area contributed by atoms with Gasteiger partial charge in [0.15, 0.2) is 11.9 Å². The van der Waals surface area contributed by atoms with Crippen LogP contribution in [0, 0.1) is 5.41 Å². The number of aromatic nitrogens is 1. The van der Waals surface area contributed by atoms with Gasteiger partial charge in [0.05, 0.1) is 0 Å². The van der Waals surface area contributed by atoms with Crippen molar-refractivity contribution in [1.82, 2.24) is 10.3 Å². The number of nitrogens with two attached hydrogens (primary N) is 2. The van der Waals surface area contributed by atoms with Crippen LogP contribution in [0.1, 0.15) is 19.8 Å². The zero-order chi connectivity index (χ0) is 13.8. The van der Waals surface area contributed by atoms with Gasteiger partial charge in [-0.15, -0.1) is 12.4 Å². The van der Waals surface area contributed by atoms with Crippen LogP contribution in [-0.4, -0.2) is 46.0 Å². The molecule has 0 atom stereocenters. The first kappa shape index (κ1) is 20.3. The van der Waals surface area contributed by atoms with Crippen LogP contribution in [0.25, 0.3) is 0 Å². The predicted molar refractivity (Wildman–Crippen MR) is 83.3 cm³/mol. The third-order valence-corrected chi connectivity index (χ3v) is 2.57. The van der Waals surface area contributed by atoms with E-state index >= 15 is 0 Å². The Balaban J connectivity index is 0. The van der Waals surface area contributed by atoms with Crippen LogP contribution in [0.2, 0.25) is 0 Å². The van der Waals surface area contributed by atoms with Crippen molar-refractivity contribution < 1.29 is 0 Å². The maximum absolute atomic E-state index is 6.81. The van der Waals surface area contributed by atoms with Crippen LogP contribution in [0.15, 0.2) is 29.4 Å². The molecule has 0 saturated carbocycles. The second kappa shape index (κ2) is 13.4. The Morgan fingerprint density at radius 2 is 2.16 bits per heavy atom. The van der Waals surface area contributed by atoms with Gasteiger partial charge in [-0.1, -0.05) is 13.3 Å². The fourth-order valence-electron chi connectivity index (χ4n) is 0.898. The maximum atomic E-state index is 6.81.